The molecule has 0 heterocycles. The number of urea groups is 1. The minimum absolute atomic E-state index is 0.0650. The number of carbonyl (C=O) groups excluding carboxylic acids is 2. The number of nitrogens with zero attached hydrogens (tertiary/aromatic N) is 1. The van der Waals surface area contributed by atoms with Crippen molar-refractivity contribution in [2.24, 2.45) is 0 Å². The van der Waals surface area contributed by atoms with Crippen molar-refractivity contribution in [1.82, 2.24) is 10.2 Å². The summed E-state index contributed by atoms with van der Waals surface area (Å²) in [6.45, 7) is 2.44. The zero-order valence-corrected chi connectivity index (χ0v) is 12.0. The van der Waals surface area contributed by atoms with Crippen molar-refractivity contribution >= 4 is 23.6 Å². The molecule has 3 amide bonds. The van der Waals surface area contributed by atoms with Crippen LogP contribution in [0, 0.1) is 0 Å². The second-order valence-corrected chi connectivity index (χ2v) is 4.52. The molecule has 0 radical (unpaired) electrons. The number of aromatic carboxylic acids is 1. The molecule has 0 atom stereocenters. The number of rotatable bonds is 6. The second-order valence-electron chi connectivity index (χ2n) is 4.52. The number of carbonyl (C=O) groups is 3. The van der Waals surface area contributed by atoms with Crippen molar-refractivity contribution < 1.29 is 19.5 Å². The minimum Gasteiger partial charge on any atom is -0.478 e. The summed E-state index contributed by atoms with van der Waals surface area (Å²) in [5, 5.41) is 14.1. The highest BCUT2D eigenvalue weighted by Crippen LogP contribution is 2.11. The lowest BCUT2D eigenvalue weighted by atomic mass is 10.2. The third-order valence-electron chi connectivity index (χ3n) is 2.66. The summed E-state index contributed by atoms with van der Waals surface area (Å²) in [6.07, 6.45) is 0.823. The van der Waals surface area contributed by atoms with Crippen LogP contribution in [0.5, 0.6) is 0 Å². The molecule has 0 spiro atoms. The molecule has 7 nitrogen and oxygen atoms in total. The van der Waals surface area contributed by atoms with Crippen LogP contribution < -0.4 is 10.6 Å². The Bertz CT molecular complexity index is 531. The molecule has 0 fully saturated rings. The Balaban J connectivity index is 2.58. The zero-order chi connectivity index (χ0) is 15.8. The molecule has 0 aliphatic carbocycles. The Labute approximate surface area is 122 Å². The molecule has 21 heavy (non-hydrogen) atoms. The van der Waals surface area contributed by atoms with Gasteiger partial charge in [0.25, 0.3) is 0 Å². The molecule has 0 aliphatic heterocycles. The first-order valence-corrected chi connectivity index (χ1v) is 6.56. The van der Waals surface area contributed by atoms with E-state index in [2.05, 4.69) is 10.6 Å². The lowest BCUT2D eigenvalue weighted by Crippen LogP contribution is -2.40. The molecular formula is C14H19N3O4. The summed E-state index contributed by atoms with van der Waals surface area (Å²) in [7, 11) is 1.49. The highest BCUT2D eigenvalue weighted by atomic mass is 16.4. The maximum Gasteiger partial charge on any atom is 0.335 e. The number of likely N-dealkylation sites (N-methyl/N-ethyl adjacent to an activating group) is 1. The lowest BCUT2D eigenvalue weighted by molar-refractivity contribution is -0.121. The first kappa shape index (κ1) is 16.5. The summed E-state index contributed by atoms with van der Waals surface area (Å²) in [5.41, 5.74) is 0.442. The molecule has 0 saturated carbocycles. The highest BCUT2D eigenvalue weighted by molar-refractivity contribution is 5.94. The van der Waals surface area contributed by atoms with Gasteiger partial charge in [-0.1, -0.05) is 13.0 Å². The first-order chi connectivity index (χ1) is 9.93. The van der Waals surface area contributed by atoms with E-state index in [1.807, 2.05) is 6.92 Å². The molecule has 7 heteroatoms. The highest BCUT2D eigenvalue weighted by Gasteiger charge is 2.13. The van der Waals surface area contributed by atoms with Crippen molar-refractivity contribution in [3.8, 4) is 0 Å². The van der Waals surface area contributed by atoms with Crippen molar-refractivity contribution in [2.75, 3.05) is 25.5 Å². The Kier molecular flexibility index (Phi) is 6.19. The van der Waals surface area contributed by atoms with Crippen LogP contribution >= 0.6 is 0 Å². The molecule has 1 aromatic rings. The molecule has 0 saturated heterocycles. The fourth-order valence-electron chi connectivity index (χ4n) is 1.56. The van der Waals surface area contributed by atoms with Gasteiger partial charge in [-0.15, -0.1) is 0 Å². The van der Waals surface area contributed by atoms with Crippen molar-refractivity contribution in [1.29, 1.82) is 0 Å². The van der Waals surface area contributed by atoms with Crippen LogP contribution in [-0.2, 0) is 4.79 Å². The van der Waals surface area contributed by atoms with Gasteiger partial charge in [0.1, 0.15) is 6.54 Å². The second kappa shape index (κ2) is 7.88. The van der Waals surface area contributed by atoms with E-state index < -0.39 is 12.0 Å². The maximum absolute atomic E-state index is 11.9. The predicted octanol–water partition coefficient (Wildman–Crippen LogP) is 1.37. The fraction of sp³-hybridized carbons (Fsp3) is 0.357. The van der Waals surface area contributed by atoms with E-state index in [9.17, 15) is 14.4 Å². The van der Waals surface area contributed by atoms with Gasteiger partial charge >= 0.3 is 12.0 Å². The third kappa shape index (κ3) is 5.52. The minimum atomic E-state index is -1.07. The first-order valence-electron chi connectivity index (χ1n) is 6.56. The van der Waals surface area contributed by atoms with Crippen molar-refractivity contribution in [3.05, 3.63) is 29.8 Å². The summed E-state index contributed by atoms with van der Waals surface area (Å²) in [6, 6.07) is 5.41. The van der Waals surface area contributed by atoms with E-state index in [1.54, 1.807) is 6.07 Å². The number of hydrogen-bond donors (Lipinski definition) is 3. The van der Waals surface area contributed by atoms with Crippen LogP contribution in [-0.4, -0.2) is 48.1 Å². The Morgan fingerprint density at radius 3 is 2.62 bits per heavy atom. The molecule has 114 valence electrons. The van der Waals surface area contributed by atoms with E-state index >= 15 is 0 Å². The van der Waals surface area contributed by atoms with Crippen LogP contribution in [0.1, 0.15) is 23.7 Å². The topological polar surface area (TPSA) is 98.7 Å². The number of carboxylic acid groups (broad SMARTS) is 1. The Hall–Kier alpha value is -2.57. The van der Waals surface area contributed by atoms with E-state index in [0.29, 0.717) is 12.2 Å². The SMILES string of the molecule is CCCNC(=O)CN(C)C(=O)Nc1cccc(C(=O)O)c1. The van der Waals surface area contributed by atoms with Gasteiger partial charge in [0.15, 0.2) is 0 Å². The summed E-state index contributed by atoms with van der Waals surface area (Å²) >= 11 is 0. The summed E-state index contributed by atoms with van der Waals surface area (Å²) in [4.78, 5) is 35.5. The van der Waals surface area contributed by atoms with Gasteiger partial charge in [-0.05, 0) is 24.6 Å². The monoisotopic (exact) mass is 293 g/mol. The van der Waals surface area contributed by atoms with Gasteiger partial charge in [0.2, 0.25) is 5.91 Å². The van der Waals surface area contributed by atoms with Crippen LogP contribution in [0.25, 0.3) is 0 Å². The smallest absolute Gasteiger partial charge is 0.335 e. The van der Waals surface area contributed by atoms with Gasteiger partial charge in [-0.2, -0.15) is 0 Å². The number of benzene rings is 1. The maximum atomic E-state index is 11.9. The van der Waals surface area contributed by atoms with Gasteiger partial charge < -0.3 is 20.6 Å². The number of amides is 3. The molecule has 0 aromatic heterocycles. The number of carboxylic acids is 1. The summed E-state index contributed by atoms with van der Waals surface area (Å²) in [5.74, 6) is -1.31. The largest absolute Gasteiger partial charge is 0.478 e. The van der Waals surface area contributed by atoms with Gasteiger partial charge in [-0.3, -0.25) is 4.79 Å². The average molecular weight is 293 g/mol. The van der Waals surface area contributed by atoms with Crippen LogP contribution in [0.3, 0.4) is 0 Å². The molecular weight excluding hydrogens is 274 g/mol. The van der Waals surface area contributed by atoms with E-state index in [0.717, 1.165) is 6.42 Å². The normalized spacial score (nSPS) is 9.81. The van der Waals surface area contributed by atoms with Crippen molar-refractivity contribution in [3.63, 3.8) is 0 Å². The third-order valence-corrected chi connectivity index (χ3v) is 2.66. The van der Waals surface area contributed by atoms with Gasteiger partial charge in [-0.25, -0.2) is 9.59 Å². The molecule has 3 N–H and O–H groups in total. The molecule has 1 rings (SSSR count). The molecule has 0 aliphatic rings. The molecule has 0 unspecified atom stereocenters. The number of anilines is 1. The van der Waals surface area contributed by atoms with Crippen LogP contribution in [0.2, 0.25) is 0 Å². The number of hydrogen-bond acceptors (Lipinski definition) is 3. The summed E-state index contributed by atoms with van der Waals surface area (Å²) < 4.78 is 0. The van der Waals surface area contributed by atoms with Gasteiger partial charge in [0, 0.05) is 19.3 Å². The zero-order valence-electron chi connectivity index (χ0n) is 12.0. The number of nitrogens with one attached hydrogen (secondary N) is 2. The van der Waals surface area contributed by atoms with E-state index in [4.69, 9.17) is 5.11 Å². The lowest BCUT2D eigenvalue weighted by Gasteiger charge is -2.17. The molecule has 0 bridgehead atoms. The Morgan fingerprint density at radius 2 is 2.00 bits per heavy atom. The van der Waals surface area contributed by atoms with Crippen molar-refractivity contribution in [2.45, 2.75) is 13.3 Å². The average Bonchev–Trinajstić information content (AvgIpc) is 2.45. The van der Waals surface area contributed by atoms with E-state index in [1.165, 1.54) is 30.1 Å². The van der Waals surface area contributed by atoms with Crippen LogP contribution in [0.4, 0.5) is 10.5 Å². The predicted molar refractivity (Wildman–Crippen MR) is 78.4 cm³/mol. The van der Waals surface area contributed by atoms with Crippen LogP contribution in [0.15, 0.2) is 24.3 Å². The van der Waals surface area contributed by atoms with E-state index in [-0.39, 0.29) is 18.0 Å². The standard InChI is InChI=1S/C14H19N3O4/c1-3-7-15-12(18)9-17(2)14(21)16-11-6-4-5-10(8-11)13(19)20/h4-6,8H,3,7,9H2,1-2H3,(H,15,18)(H,16,21)(H,19,20). The Morgan fingerprint density at radius 1 is 1.29 bits per heavy atom. The fourth-order valence-corrected chi connectivity index (χ4v) is 1.56. The molecule has 1 aromatic carbocycles. The van der Waals surface area contributed by atoms with Gasteiger partial charge in [0.05, 0.1) is 5.56 Å². The quantitative estimate of drug-likeness (QED) is 0.737.